The Morgan fingerprint density at radius 2 is 1.57 bits per heavy atom. The molecule has 0 aromatic carbocycles. The first-order chi connectivity index (χ1) is 10.9. The molecule has 23 heavy (non-hydrogen) atoms. The Hall–Kier alpha value is -0.460. The highest BCUT2D eigenvalue weighted by molar-refractivity contribution is 6.49. The van der Waals surface area contributed by atoms with Crippen molar-refractivity contribution in [3.05, 3.63) is 46.6 Å². The summed E-state index contributed by atoms with van der Waals surface area (Å²) >= 11 is 14.0. The second-order valence-corrected chi connectivity index (χ2v) is 8.54. The van der Waals surface area contributed by atoms with Crippen molar-refractivity contribution in [2.24, 2.45) is 11.8 Å². The standard InChI is InChI=1S/C21H30Cl2/c1-5-7-9-17-13-16(4)19(14-17)21(22,23)20-12-15(3)11-18(20)10-8-6-2/h11-14,19-20H,5-10H2,1-4H3. The van der Waals surface area contributed by atoms with E-state index in [1.807, 2.05) is 0 Å². The summed E-state index contributed by atoms with van der Waals surface area (Å²) in [5.41, 5.74) is 5.39. The summed E-state index contributed by atoms with van der Waals surface area (Å²) in [6.07, 6.45) is 16.2. The van der Waals surface area contributed by atoms with Crippen LogP contribution in [0.2, 0.25) is 0 Å². The fourth-order valence-electron chi connectivity index (χ4n) is 3.69. The molecule has 0 N–H and O–H groups in total. The van der Waals surface area contributed by atoms with E-state index in [0.29, 0.717) is 0 Å². The van der Waals surface area contributed by atoms with Gasteiger partial charge >= 0.3 is 0 Å². The van der Waals surface area contributed by atoms with Crippen LogP contribution < -0.4 is 0 Å². The zero-order valence-corrected chi connectivity index (χ0v) is 16.5. The van der Waals surface area contributed by atoms with Gasteiger partial charge < -0.3 is 0 Å². The van der Waals surface area contributed by atoms with Gasteiger partial charge in [0, 0.05) is 11.8 Å². The molecule has 2 aliphatic rings. The van der Waals surface area contributed by atoms with E-state index >= 15 is 0 Å². The van der Waals surface area contributed by atoms with Crippen molar-refractivity contribution in [1.82, 2.24) is 0 Å². The minimum atomic E-state index is -0.786. The second-order valence-electron chi connectivity index (χ2n) is 7.10. The lowest BCUT2D eigenvalue weighted by atomic mass is 9.85. The molecular formula is C21H30Cl2. The average Bonchev–Trinajstić information content (AvgIpc) is 3.06. The molecule has 0 aromatic rings. The topological polar surface area (TPSA) is 0 Å². The van der Waals surface area contributed by atoms with Crippen LogP contribution in [0.15, 0.2) is 46.6 Å². The number of rotatable bonds is 8. The fourth-order valence-corrected chi connectivity index (χ4v) is 4.56. The third-order valence-electron chi connectivity index (χ3n) is 4.99. The van der Waals surface area contributed by atoms with Gasteiger partial charge in [-0.05, 0) is 39.5 Å². The van der Waals surface area contributed by atoms with Gasteiger partial charge in [0.2, 0.25) is 0 Å². The quantitative estimate of drug-likeness (QED) is 0.395. The number of halogens is 2. The van der Waals surface area contributed by atoms with Gasteiger partial charge in [-0.3, -0.25) is 0 Å². The second kappa shape index (κ2) is 8.08. The molecule has 2 heteroatoms. The molecule has 2 aliphatic carbocycles. The van der Waals surface area contributed by atoms with Gasteiger partial charge in [0.25, 0.3) is 0 Å². The average molecular weight is 353 g/mol. The normalized spacial score (nSPS) is 24.4. The molecule has 0 aromatic heterocycles. The van der Waals surface area contributed by atoms with Crippen LogP contribution in [0.4, 0.5) is 0 Å². The number of allylic oxidation sites excluding steroid dienone is 8. The Kier molecular flexibility index (Phi) is 6.63. The maximum atomic E-state index is 6.98. The van der Waals surface area contributed by atoms with Crippen molar-refractivity contribution in [2.45, 2.75) is 70.6 Å². The maximum Gasteiger partial charge on any atom is 0.138 e. The molecule has 0 radical (unpaired) electrons. The molecule has 0 nitrogen and oxygen atoms in total. The summed E-state index contributed by atoms with van der Waals surface area (Å²) in [6, 6.07) is 0. The summed E-state index contributed by atoms with van der Waals surface area (Å²) in [6.45, 7) is 8.77. The number of hydrogen-bond acceptors (Lipinski definition) is 0. The van der Waals surface area contributed by atoms with Crippen molar-refractivity contribution in [3.8, 4) is 0 Å². The highest BCUT2D eigenvalue weighted by atomic mass is 35.5. The van der Waals surface area contributed by atoms with Crippen LogP contribution >= 0.6 is 23.2 Å². The Labute approximate surface area is 152 Å². The Bertz CT molecular complexity index is 546. The molecule has 2 rings (SSSR count). The molecule has 0 heterocycles. The lowest BCUT2D eigenvalue weighted by molar-refractivity contribution is 0.528. The molecule has 0 amide bonds. The number of hydrogen-bond donors (Lipinski definition) is 0. The third kappa shape index (κ3) is 4.34. The molecule has 0 aliphatic heterocycles. The van der Waals surface area contributed by atoms with Crippen molar-refractivity contribution >= 4 is 23.2 Å². The van der Waals surface area contributed by atoms with E-state index in [4.69, 9.17) is 23.2 Å². The summed E-state index contributed by atoms with van der Waals surface area (Å²) in [4.78, 5) is 0. The zero-order valence-electron chi connectivity index (χ0n) is 15.0. The Balaban J connectivity index is 2.19. The van der Waals surface area contributed by atoms with Crippen LogP contribution in [0.5, 0.6) is 0 Å². The van der Waals surface area contributed by atoms with Gasteiger partial charge in [0.1, 0.15) is 4.33 Å². The molecule has 0 spiro atoms. The van der Waals surface area contributed by atoms with Crippen molar-refractivity contribution in [2.75, 3.05) is 0 Å². The van der Waals surface area contributed by atoms with Crippen LogP contribution in [0.25, 0.3) is 0 Å². The third-order valence-corrected chi connectivity index (χ3v) is 5.93. The van der Waals surface area contributed by atoms with E-state index in [-0.39, 0.29) is 11.8 Å². The van der Waals surface area contributed by atoms with Gasteiger partial charge in [-0.1, -0.05) is 96.5 Å². The Morgan fingerprint density at radius 3 is 2.22 bits per heavy atom. The predicted octanol–water partition coefficient (Wildman–Crippen LogP) is 7.55. The van der Waals surface area contributed by atoms with Crippen LogP contribution in [0.1, 0.15) is 66.2 Å². The lowest BCUT2D eigenvalue weighted by Crippen LogP contribution is -2.33. The van der Waals surface area contributed by atoms with Gasteiger partial charge in [-0.2, -0.15) is 0 Å². The molecule has 0 saturated carbocycles. The van der Waals surface area contributed by atoms with Crippen molar-refractivity contribution in [3.63, 3.8) is 0 Å². The monoisotopic (exact) mass is 352 g/mol. The largest absolute Gasteiger partial charge is 0.138 e. The molecular weight excluding hydrogens is 323 g/mol. The van der Waals surface area contributed by atoms with Crippen LogP contribution in [0, 0.1) is 11.8 Å². The number of alkyl halides is 2. The van der Waals surface area contributed by atoms with E-state index in [0.717, 1.165) is 12.8 Å². The fraction of sp³-hybridized carbons (Fsp3) is 0.619. The minimum Gasteiger partial charge on any atom is -0.0996 e. The van der Waals surface area contributed by atoms with Gasteiger partial charge in [0.15, 0.2) is 0 Å². The SMILES string of the molecule is CCCCC1=CC(C(Cl)(Cl)C2C=C(C)C=C2CCCC)C(C)=C1. The maximum absolute atomic E-state index is 6.98. The zero-order chi connectivity index (χ0) is 17.0. The summed E-state index contributed by atoms with van der Waals surface area (Å²) < 4.78 is -0.786. The first kappa shape index (κ1) is 18.9. The Morgan fingerprint density at radius 1 is 0.913 bits per heavy atom. The minimum absolute atomic E-state index is 0.120. The summed E-state index contributed by atoms with van der Waals surface area (Å²) in [5, 5.41) is 0. The molecule has 128 valence electrons. The summed E-state index contributed by atoms with van der Waals surface area (Å²) in [5.74, 6) is 0.252. The van der Waals surface area contributed by atoms with Crippen molar-refractivity contribution < 1.29 is 0 Å². The van der Waals surface area contributed by atoms with Crippen LogP contribution in [-0.2, 0) is 0 Å². The number of unbranched alkanes of at least 4 members (excludes halogenated alkanes) is 2. The molecule has 0 saturated heterocycles. The van der Waals surface area contributed by atoms with Crippen molar-refractivity contribution in [1.29, 1.82) is 0 Å². The molecule has 2 atom stereocenters. The lowest BCUT2D eigenvalue weighted by Gasteiger charge is -2.33. The smallest absolute Gasteiger partial charge is 0.0996 e. The van der Waals surface area contributed by atoms with Gasteiger partial charge in [-0.15, -0.1) is 0 Å². The van der Waals surface area contributed by atoms with E-state index < -0.39 is 4.33 Å². The highest BCUT2D eigenvalue weighted by Gasteiger charge is 2.45. The van der Waals surface area contributed by atoms with Crippen LogP contribution in [0.3, 0.4) is 0 Å². The first-order valence-electron chi connectivity index (χ1n) is 9.05. The van der Waals surface area contributed by atoms with E-state index in [1.165, 1.54) is 48.0 Å². The van der Waals surface area contributed by atoms with E-state index in [2.05, 4.69) is 52.0 Å². The molecule has 0 fully saturated rings. The first-order valence-corrected chi connectivity index (χ1v) is 9.81. The van der Waals surface area contributed by atoms with Gasteiger partial charge in [0.05, 0.1) is 0 Å². The van der Waals surface area contributed by atoms with E-state index in [1.54, 1.807) is 0 Å². The highest BCUT2D eigenvalue weighted by Crippen LogP contribution is 2.51. The van der Waals surface area contributed by atoms with Crippen LogP contribution in [-0.4, -0.2) is 4.33 Å². The van der Waals surface area contributed by atoms with E-state index in [9.17, 15) is 0 Å². The predicted molar refractivity (Wildman–Crippen MR) is 104 cm³/mol. The summed E-state index contributed by atoms with van der Waals surface area (Å²) in [7, 11) is 0. The van der Waals surface area contributed by atoms with Gasteiger partial charge in [-0.25, -0.2) is 0 Å². The molecule has 2 unspecified atom stereocenters. The molecule has 0 bridgehead atoms.